The molecule has 0 saturated heterocycles. The quantitative estimate of drug-likeness (QED) is 0.625. The highest BCUT2D eigenvalue weighted by atomic mass is 28.2. The lowest BCUT2D eigenvalue weighted by molar-refractivity contribution is 0.353. The maximum absolute atomic E-state index is 2.51. The van der Waals surface area contributed by atoms with Gasteiger partial charge in [-0.2, -0.15) is 0 Å². The number of hydrogen-bond donors (Lipinski definition) is 0. The van der Waals surface area contributed by atoms with Crippen LogP contribution < -0.4 is 5.19 Å². The van der Waals surface area contributed by atoms with Gasteiger partial charge in [0.25, 0.3) is 0 Å². The first-order chi connectivity index (χ1) is 6.36. The van der Waals surface area contributed by atoms with Gasteiger partial charge in [-0.3, -0.25) is 0 Å². The van der Waals surface area contributed by atoms with E-state index in [4.69, 9.17) is 0 Å². The lowest BCUT2D eigenvalue weighted by Gasteiger charge is -2.17. The van der Waals surface area contributed by atoms with Gasteiger partial charge in [-0.05, 0) is 19.3 Å². The summed E-state index contributed by atoms with van der Waals surface area (Å²) in [6.45, 7) is 6.86. The maximum Gasteiger partial charge on any atom is 0.0704 e. The molecule has 0 amide bonds. The van der Waals surface area contributed by atoms with Crippen LogP contribution in [0.4, 0.5) is 0 Å². The SMILES string of the molecule is CCN(CC)C[SiH2]c1ccccc1. The zero-order valence-corrected chi connectivity index (χ0v) is 10.1. The van der Waals surface area contributed by atoms with Crippen molar-refractivity contribution in [1.29, 1.82) is 0 Å². The van der Waals surface area contributed by atoms with Crippen molar-refractivity contribution < 1.29 is 0 Å². The van der Waals surface area contributed by atoms with Crippen molar-refractivity contribution in [3.8, 4) is 0 Å². The Hall–Kier alpha value is -0.603. The molecule has 0 aliphatic heterocycles. The second kappa shape index (κ2) is 5.94. The van der Waals surface area contributed by atoms with Crippen LogP contribution in [0.3, 0.4) is 0 Å². The Kier molecular flexibility index (Phi) is 4.79. The summed E-state index contributed by atoms with van der Waals surface area (Å²) < 4.78 is 0. The fraction of sp³-hybridized carbons (Fsp3) is 0.455. The van der Waals surface area contributed by atoms with Crippen LogP contribution in [0.15, 0.2) is 30.3 Å². The molecule has 0 atom stereocenters. The summed E-state index contributed by atoms with van der Waals surface area (Å²) >= 11 is 0. The highest BCUT2D eigenvalue weighted by molar-refractivity contribution is 6.53. The van der Waals surface area contributed by atoms with E-state index in [2.05, 4.69) is 49.1 Å². The summed E-state index contributed by atoms with van der Waals surface area (Å²) in [6, 6.07) is 10.9. The highest BCUT2D eigenvalue weighted by Crippen LogP contribution is 1.86. The minimum Gasteiger partial charge on any atom is -0.307 e. The molecule has 1 aromatic carbocycles. The molecule has 0 spiro atoms. The Morgan fingerprint density at radius 3 is 2.23 bits per heavy atom. The first-order valence-electron chi connectivity index (χ1n) is 5.13. The number of nitrogens with zero attached hydrogens (tertiary/aromatic N) is 1. The van der Waals surface area contributed by atoms with Crippen LogP contribution in [0.2, 0.25) is 0 Å². The van der Waals surface area contributed by atoms with E-state index in [1.165, 1.54) is 19.3 Å². The molecular weight excluding hydrogens is 174 g/mol. The normalized spacial score (nSPS) is 11.6. The molecule has 0 aliphatic rings. The van der Waals surface area contributed by atoms with Crippen LogP contribution in [-0.2, 0) is 0 Å². The van der Waals surface area contributed by atoms with E-state index in [-0.39, 0.29) is 9.52 Å². The van der Waals surface area contributed by atoms with Gasteiger partial charge in [-0.25, -0.2) is 0 Å². The fourth-order valence-electron chi connectivity index (χ4n) is 1.47. The number of hydrogen-bond acceptors (Lipinski definition) is 1. The van der Waals surface area contributed by atoms with E-state index >= 15 is 0 Å². The molecule has 0 saturated carbocycles. The van der Waals surface area contributed by atoms with Gasteiger partial charge in [0.2, 0.25) is 0 Å². The second-order valence-corrected chi connectivity index (χ2v) is 5.03. The number of rotatable bonds is 5. The molecule has 2 heteroatoms. The molecule has 0 N–H and O–H groups in total. The Balaban J connectivity index is 2.34. The van der Waals surface area contributed by atoms with Crippen molar-refractivity contribution in [1.82, 2.24) is 4.90 Å². The minimum absolute atomic E-state index is 0.0549. The maximum atomic E-state index is 2.51. The molecule has 72 valence electrons. The van der Waals surface area contributed by atoms with E-state index < -0.39 is 0 Å². The third-order valence-corrected chi connectivity index (χ3v) is 4.36. The minimum atomic E-state index is -0.0549. The van der Waals surface area contributed by atoms with Gasteiger partial charge in [0.15, 0.2) is 0 Å². The van der Waals surface area contributed by atoms with Crippen molar-refractivity contribution >= 4 is 14.7 Å². The van der Waals surface area contributed by atoms with Crippen LogP contribution in [0.25, 0.3) is 0 Å². The van der Waals surface area contributed by atoms with Crippen molar-refractivity contribution in [3.05, 3.63) is 30.3 Å². The van der Waals surface area contributed by atoms with E-state index in [1.807, 2.05) is 0 Å². The first-order valence-corrected chi connectivity index (χ1v) is 6.83. The lowest BCUT2D eigenvalue weighted by Crippen LogP contribution is -2.32. The Morgan fingerprint density at radius 1 is 1.08 bits per heavy atom. The second-order valence-electron chi connectivity index (χ2n) is 3.26. The van der Waals surface area contributed by atoms with Crippen LogP contribution >= 0.6 is 0 Å². The zero-order valence-electron chi connectivity index (χ0n) is 8.66. The largest absolute Gasteiger partial charge is 0.307 e. The molecule has 0 bridgehead atoms. The van der Waals surface area contributed by atoms with E-state index in [9.17, 15) is 0 Å². The Morgan fingerprint density at radius 2 is 1.69 bits per heavy atom. The molecule has 1 aromatic rings. The van der Waals surface area contributed by atoms with Gasteiger partial charge >= 0.3 is 0 Å². The van der Waals surface area contributed by atoms with Crippen LogP contribution in [0.5, 0.6) is 0 Å². The van der Waals surface area contributed by atoms with Crippen LogP contribution in [0, 0.1) is 0 Å². The zero-order chi connectivity index (χ0) is 9.52. The fourth-order valence-corrected chi connectivity index (χ4v) is 3.28. The molecule has 0 radical (unpaired) electrons. The topological polar surface area (TPSA) is 3.24 Å². The van der Waals surface area contributed by atoms with E-state index in [0.717, 1.165) is 0 Å². The predicted octanol–water partition coefficient (Wildman–Crippen LogP) is 0.780. The summed E-state index contributed by atoms with van der Waals surface area (Å²) in [7, 11) is -0.0549. The van der Waals surface area contributed by atoms with E-state index in [1.54, 1.807) is 5.19 Å². The molecule has 1 nitrogen and oxygen atoms in total. The summed E-state index contributed by atoms with van der Waals surface area (Å²) in [5.74, 6) is 0. The number of benzene rings is 1. The molecule has 0 fully saturated rings. The smallest absolute Gasteiger partial charge is 0.0704 e. The molecule has 13 heavy (non-hydrogen) atoms. The third-order valence-electron chi connectivity index (χ3n) is 2.45. The molecule has 0 aromatic heterocycles. The molecule has 0 unspecified atom stereocenters. The van der Waals surface area contributed by atoms with Crippen molar-refractivity contribution in [2.75, 3.05) is 19.3 Å². The van der Waals surface area contributed by atoms with E-state index in [0.29, 0.717) is 0 Å². The van der Waals surface area contributed by atoms with Crippen molar-refractivity contribution in [2.45, 2.75) is 13.8 Å². The van der Waals surface area contributed by atoms with Gasteiger partial charge in [0.05, 0.1) is 9.52 Å². The summed E-state index contributed by atoms with van der Waals surface area (Å²) in [5.41, 5.74) is 0. The molecular formula is C11H19NSi. The predicted molar refractivity (Wildman–Crippen MR) is 62.4 cm³/mol. The molecule has 0 heterocycles. The summed E-state index contributed by atoms with van der Waals surface area (Å²) in [5, 5.41) is 1.58. The highest BCUT2D eigenvalue weighted by Gasteiger charge is 1.99. The molecule has 0 aliphatic carbocycles. The van der Waals surface area contributed by atoms with Gasteiger partial charge in [-0.15, -0.1) is 0 Å². The monoisotopic (exact) mass is 193 g/mol. The third kappa shape index (κ3) is 3.74. The summed E-state index contributed by atoms with van der Waals surface area (Å²) in [6.07, 6.45) is 1.32. The average Bonchev–Trinajstić information content (AvgIpc) is 2.21. The summed E-state index contributed by atoms with van der Waals surface area (Å²) in [4.78, 5) is 2.51. The van der Waals surface area contributed by atoms with Crippen LogP contribution in [-0.4, -0.2) is 33.7 Å². The van der Waals surface area contributed by atoms with Gasteiger partial charge in [-0.1, -0.05) is 49.4 Å². The van der Waals surface area contributed by atoms with Crippen molar-refractivity contribution in [2.24, 2.45) is 0 Å². The lowest BCUT2D eigenvalue weighted by atomic mass is 10.4. The van der Waals surface area contributed by atoms with Crippen LogP contribution in [0.1, 0.15) is 13.8 Å². The van der Waals surface area contributed by atoms with Gasteiger partial charge in [0.1, 0.15) is 0 Å². The Labute approximate surface area is 83.6 Å². The van der Waals surface area contributed by atoms with Crippen molar-refractivity contribution in [3.63, 3.8) is 0 Å². The standard InChI is InChI=1S/C11H19NSi/c1-3-12(4-2)10-13-11-8-6-5-7-9-11/h5-9H,3-4,10,13H2,1-2H3. The Bertz CT molecular complexity index is 219. The average molecular weight is 193 g/mol. The first kappa shape index (κ1) is 10.5. The van der Waals surface area contributed by atoms with Gasteiger partial charge < -0.3 is 4.90 Å². The van der Waals surface area contributed by atoms with Gasteiger partial charge in [0, 0.05) is 0 Å². The molecule has 1 rings (SSSR count).